The Morgan fingerprint density at radius 3 is 2.12 bits per heavy atom. The number of hydrogen-bond acceptors (Lipinski definition) is 6. The van der Waals surface area contributed by atoms with Crippen molar-refractivity contribution in [2.75, 3.05) is 27.3 Å². The first-order chi connectivity index (χ1) is 19.6. The fraction of sp³-hybridized carbons (Fsp3) is 0.281. The number of ether oxygens (including phenoxy) is 2. The molecular formula is C32H33Br2N3O4. The number of fused-ring (bicyclic) bond motifs is 1. The van der Waals surface area contributed by atoms with Crippen molar-refractivity contribution < 1.29 is 19.1 Å². The summed E-state index contributed by atoms with van der Waals surface area (Å²) in [6.07, 6.45) is 5.13. The molecule has 0 spiro atoms. The van der Waals surface area contributed by atoms with E-state index in [1.807, 2.05) is 43.5 Å². The zero-order chi connectivity index (χ0) is 29.7. The van der Waals surface area contributed by atoms with Gasteiger partial charge in [0.05, 0.1) is 25.3 Å². The molecule has 0 bridgehead atoms. The standard InChI is InChI=1S/C23H24BrN3O2.C9H9BrO2/c1-15-12-17(23(28)29-3)4-5-19(15)16-7-10-27(11-8-16)14-18-13-20-21(24)6-9-25-22(20)26(18)2;1-6-5-7(9(11)12-2)3-4-8(6)10/h4-7,9,12-13H,8,10-11,14H2,1-3H3;3-5H,1-2H3. The number of aromatic nitrogens is 2. The number of pyridine rings is 1. The van der Waals surface area contributed by atoms with Gasteiger partial charge in [-0.15, -0.1) is 0 Å². The minimum Gasteiger partial charge on any atom is -0.465 e. The number of rotatable bonds is 5. The molecule has 5 rings (SSSR count). The topological polar surface area (TPSA) is 73.7 Å². The number of carbonyl (C=O) groups excluding carboxylic acids is 2. The Labute approximate surface area is 257 Å². The van der Waals surface area contributed by atoms with Crippen LogP contribution in [0.15, 0.2) is 69.7 Å². The van der Waals surface area contributed by atoms with Crippen molar-refractivity contribution in [2.24, 2.45) is 7.05 Å². The van der Waals surface area contributed by atoms with E-state index in [2.05, 4.69) is 77.2 Å². The summed E-state index contributed by atoms with van der Waals surface area (Å²) in [4.78, 5) is 29.7. The summed E-state index contributed by atoms with van der Waals surface area (Å²) in [5.41, 5.74) is 8.14. The quantitative estimate of drug-likeness (QED) is 0.206. The SMILES string of the molecule is COC(=O)c1ccc(Br)c(C)c1.COC(=O)c1ccc(C2=CCN(Cc3cc4c(Br)ccnc4n3C)CC2)c(C)c1. The predicted molar refractivity (Wildman–Crippen MR) is 169 cm³/mol. The highest BCUT2D eigenvalue weighted by molar-refractivity contribution is 9.11. The van der Waals surface area contributed by atoms with Crippen molar-refractivity contribution in [3.8, 4) is 0 Å². The molecule has 0 amide bonds. The number of aryl methyl sites for hydroxylation is 3. The van der Waals surface area contributed by atoms with Crippen molar-refractivity contribution in [1.82, 2.24) is 14.5 Å². The third kappa shape index (κ3) is 7.15. The summed E-state index contributed by atoms with van der Waals surface area (Å²) >= 11 is 6.97. The van der Waals surface area contributed by atoms with Gasteiger partial charge < -0.3 is 14.0 Å². The number of methoxy groups -OCH3 is 2. The molecular weight excluding hydrogens is 650 g/mol. The first-order valence-electron chi connectivity index (χ1n) is 13.2. The van der Waals surface area contributed by atoms with Gasteiger partial charge >= 0.3 is 11.9 Å². The summed E-state index contributed by atoms with van der Waals surface area (Å²) in [7, 11) is 4.86. The normalized spacial score (nSPS) is 13.3. The van der Waals surface area contributed by atoms with E-state index in [-0.39, 0.29) is 11.9 Å². The fourth-order valence-electron chi connectivity index (χ4n) is 4.88. The van der Waals surface area contributed by atoms with E-state index in [4.69, 9.17) is 4.74 Å². The molecule has 0 saturated heterocycles. The van der Waals surface area contributed by atoms with E-state index in [1.54, 1.807) is 12.1 Å². The summed E-state index contributed by atoms with van der Waals surface area (Å²) in [5, 5.41) is 1.15. The lowest BCUT2D eigenvalue weighted by Gasteiger charge is -2.27. The molecule has 2 aromatic heterocycles. The largest absolute Gasteiger partial charge is 0.465 e. The zero-order valence-corrected chi connectivity index (χ0v) is 27.0. The molecule has 0 saturated carbocycles. The van der Waals surface area contributed by atoms with Crippen LogP contribution >= 0.6 is 31.9 Å². The van der Waals surface area contributed by atoms with Crippen LogP contribution in [0.3, 0.4) is 0 Å². The summed E-state index contributed by atoms with van der Waals surface area (Å²) in [5.74, 6) is -0.592. The highest BCUT2D eigenvalue weighted by Crippen LogP contribution is 2.29. The molecule has 0 radical (unpaired) electrons. The average molecular weight is 683 g/mol. The molecule has 4 aromatic rings. The van der Waals surface area contributed by atoms with Crippen molar-refractivity contribution in [3.63, 3.8) is 0 Å². The van der Waals surface area contributed by atoms with Crippen LogP contribution in [-0.4, -0.2) is 53.7 Å². The maximum atomic E-state index is 11.7. The highest BCUT2D eigenvalue weighted by Gasteiger charge is 2.18. The lowest BCUT2D eigenvalue weighted by Crippen LogP contribution is -2.29. The van der Waals surface area contributed by atoms with Crippen LogP contribution in [0, 0.1) is 13.8 Å². The molecule has 0 N–H and O–H groups in total. The average Bonchev–Trinajstić information content (AvgIpc) is 3.30. The van der Waals surface area contributed by atoms with Gasteiger partial charge in [0.2, 0.25) is 0 Å². The van der Waals surface area contributed by atoms with E-state index < -0.39 is 0 Å². The Morgan fingerprint density at radius 1 is 0.902 bits per heavy atom. The highest BCUT2D eigenvalue weighted by atomic mass is 79.9. The van der Waals surface area contributed by atoms with E-state index in [1.165, 1.54) is 31.1 Å². The number of esters is 2. The molecule has 41 heavy (non-hydrogen) atoms. The molecule has 7 nitrogen and oxygen atoms in total. The van der Waals surface area contributed by atoms with E-state index >= 15 is 0 Å². The molecule has 1 aliphatic heterocycles. The maximum Gasteiger partial charge on any atom is 0.337 e. The Balaban J connectivity index is 0.000000271. The lowest BCUT2D eigenvalue weighted by molar-refractivity contribution is 0.0591. The van der Waals surface area contributed by atoms with Gasteiger partial charge in [-0.2, -0.15) is 0 Å². The number of halogens is 2. The second-order valence-corrected chi connectivity index (χ2v) is 11.6. The van der Waals surface area contributed by atoms with Gasteiger partial charge in [0, 0.05) is 52.9 Å². The lowest BCUT2D eigenvalue weighted by atomic mass is 9.94. The van der Waals surface area contributed by atoms with Crippen LogP contribution < -0.4 is 0 Å². The number of benzene rings is 2. The minimum absolute atomic E-state index is 0.292. The van der Waals surface area contributed by atoms with Gasteiger partial charge in [-0.3, -0.25) is 4.90 Å². The van der Waals surface area contributed by atoms with E-state index in [9.17, 15) is 9.59 Å². The summed E-state index contributed by atoms with van der Waals surface area (Å²) in [6.45, 7) is 6.78. The Bertz CT molecular complexity index is 1630. The van der Waals surface area contributed by atoms with Gasteiger partial charge in [0.25, 0.3) is 0 Å². The molecule has 214 valence electrons. The molecule has 9 heteroatoms. The molecule has 1 aliphatic rings. The van der Waals surface area contributed by atoms with Crippen molar-refractivity contribution in [1.29, 1.82) is 0 Å². The molecule has 0 atom stereocenters. The second-order valence-electron chi connectivity index (χ2n) is 9.92. The van der Waals surface area contributed by atoms with Gasteiger partial charge in [0.15, 0.2) is 0 Å². The smallest absolute Gasteiger partial charge is 0.337 e. The van der Waals surface area contributed by atoms with Crippen LogP contribution in [0.4, 0.5) is 0 Å². The Morgan fingerprint density at radius 2 is 1.56 bits per heavy atom. The van der Waals surface area contributed by atoms with Gasteiger partial charge in [0.1, 0.15) is 5.65 Å². The third-order valence-corrected chi connectivity index (χ3v) is 8.81. The van der Waals surface area contributed by atoms with Crippen LogP contribution in [0.25, 0.3) is 16.6 Å². The number of nitrogens with zero attached hydrogens (tertiary/aromatic N) is 3. The van der Waals surface area contributed by atoms with Crippen LogP contribution in [0.1, 0.15) is 49.5 Å². The van der Waals surface area contributed by atoms with E-state index in [0.717, 1.165) is 57.2 Å². The number of hydrogen-bond donors (Lipinski definition) is 0. The molecule has 0 fully saturated rings. The molecule has 0 unspecified atom stereocenters. The van der Waals surface area contributed by atoms with Crippen LogP contribution in [-0.2, 0) is 23.1 Å². The summed E-state index contributed by atoms with van der Waals surface area (Å²) in [6, 6.07) is 15.4. The predicted octanol–water partition coefficient (Wildman–Crippen LogP) is 7.26. The fourth-order valence-corrected chi connectivity index (χ4v) is 5.53. The molecule has 3 heterocycles. The van der Waals surface area contributed by atoms with Crippen LogP contribution in [0.5, 0.6) is 0 Å². The van der Waals surface area contributed by atoms with Crippen molar-refractivity contribution in [3.05, 3.63) is 103 Å². The second kappa shape index (κ2) is 13.6. The maximum absolute atomic E-state index is 11.7. The Hall–Kier alpha value is -3.27. The van der Waals surface area contributed by atoms with Gasteiger partial charge in [-0.25, -0.2) is 14.6 Å². The van der Waals surface area contributed by atoms with E-state index in [0.29, 0.717) is 11.1 Å². The minimum atomic E-state index is -0.300. The van der Waals surface area contributed by atoms with Crippen LogP contribution in [0.2, 0.25) is 0 Å². The first-order valence-corrected chi connectivity index (χ1v) is 14.8. The monoisotopic (exact) mass is 681 g/mol. The Kier molecular flexibility index (Phi) is 10.2. The molecule has 0 aliphatic carbocycles. The van der Waals surface area contributed by atoms with Crippen molar-refractivity contribution >= 4 is 60.4 Å². The first kappa shape index (κ1) is 30.7. The van der Waals surface area contributed by atoms with Gasteiger partial charge in [-0.05, 0) is 101 Å². The van der Waals surface area contributed by atoms with Gasteiger partial charge in [-0.1, -0.05) is 28.1 Å². The third-order valence-electron chi connectivity index (χ3n) is 7.23. The zero-order valence-electron chi connectivity index (χ0n) is 23.8. The number of carbonyl (C=O) groups is 2. The summed E-state index contributed by atoms with van der Waals surface area (Å²) < 4.78 is 13.6. The van der Waals surface area contributed by atoms with Crippen molar-refractivity contribution in [2.45, 2.75) is 26.8 Å². The molecule has 2 aromatic carbocycles.